The second kappa shape index (κ2) is 7.40. The van der Waals surface area contributed by atoms with Crippen LogP contribution in [0.1, 0.15) is 45.4 Å². The van der Waals surface area contributed by atoms with Gasteiger partial charge in [0.25, 0.3) is 0 Å². The molecular weight excluding hydrogens is 296 g/mol. The molecule has 1 saturated carbocycles. The molecule has 1 aromatic carbocycles. The van der Waals surface area contributed by atoms with Gasteiger partial charge in [0.1, 0.15) is 17.0 Å². The zero-order chi connectivity index (χ0) is 16.9. The van der Waals surface area contributed by atoms with Crippen LogP contribution in [0.5, 0.6) is 11.5 Å². The number of carbonyl (C=O) groups excluding carboxylic acids is 3. The number of methoxy groups -OCH3 is 1. The number of hydrogen-bond acceptors (Lipinski definition) is 5. The molecule has 1 unspecified atom stereocenters. The number of rotatable bonds is 6. The molecule has 1 aliphatic carbocycles. The van der Waals surface area contributed by atoms with E-state index in [-0.39, 0.29) is 24.4 Å². The van der Waals surface area contributed by atoms with E-state index in [0.717, 1.165) is 12.8 Å². The van der Waals surface area contributed by atoms with E-state index in [1.807, 2.05) is 0 Å². The first-order valence-corrected chi connectivity index (χ1v) is 7.87. The van der Waals surface area contributed by atoms with Crippen LogP contribution in [0.4, 0.5) is 0 Å². The highest BCUT2D eigenvalue weighted by Gasteiger charge is 2.48. The summed E-state index contributed by atoms with van der Waals surface area (Å²) in [6.45, 7) is 1.46. The van der Waals surface area contributed by atoms with Gasteiger partial charge in [0.05, 0.1) is 7.11 Å². The molecule has 2 rings (SSSR count). The minimum Gasteiger partial charge on any atom is -0.493 e. The van der Waals surface area contributed by atoms with E-state index in [2.05, 4.69) is 0 Å². The van der Waals surface area contributed by atoms with Gasteiger partial charge < -0.3 is 14.3 Å². The van der Waals surface area contributed by atoms with Gasteiger partial charge in [-0.25, -0.2) is 0 Å². The Morgan fingerprint density at radius 3 is 2.48 bits per heavy atom. The highest BCUT2D eigenvalue weighted by Crippen LogP contribution is 2.40. The topological polar surface area (TPSA) is 69.7 Å². The molecule has 5 heteroatoms. The lowest BCUT2D eigenvalue weighted by molar-refractivity contribution is -0.155. The maximum absolute atomic E-state index is 12.8. The van der Waals surface area contributed by atoms with E-state index >= 15 is 0 Å². The number of ether oxygens (including phenoxy) is 2. The minimum atomic E-state index is -1.20. The normalized spacial score (nSPS) is 20.9. The molecule has 0 N–H and O–H groups in total. The van der Waals surface area contributed by atoms with Crippen LogP contribution in [-0.4, -0.2) is 24.6 Å². The molecule has 1 aliphatic rings. The molecule has 0 radical (unpaired) electrons. The number of para-hydroxylation sites is 2. The maximum Gasteiger partial charge on any atom is 0.325 e. The monoisotopic (exact) mass is 318 g/mol. The second-order valence-electron chi connectivity index (χ2n) is 5.95. The van der Waals surface area contributed by atoms with E-state index in [0.29, 0.717) is 24.3 Å². The van der Waals surface area contributed by atoms with Crippen molar-refractivity contribution >= 4 is 17.5 Å². The van der Waals surface area contributed by atoms with Crippen molar-refractivity contribution in [3.63, 3.8) is 0 Å². The fourth-order valence-corrected chi connectivity index (χ4v) is 2.96. The van der Waals surface area contributed by atoms with E-state index in [9.17, 15) is 14.4 Å². The average molecular weight is 318 g/mol. The van der Waals surface area contributed by atoms with E-state index < -0.39 is 11.4 Å². The number of Topliss-reactive ketones (excluding diaryl/α,β-unsaturated/α-hetero) is 2. The van der Waals surface area contributed by atoms with Crippen molar-refractivity contribution in [3.05, 3.63) is 24.3 Å². The molecule has 0 aliphatic heterocycles. The average Bonchev–Trinajstić information content (AvgIpc) is 2.54. The number of benzene rings is 1. The number of hydrogen-bond donors (Lipinski definition) is 0. The van der Waals surface area contributed by atoms with E-state index in [1.54, 1.807) is 24.3 Å². The molecule has 0 saturated heterocycles. The lowest BCUT2D eigenvalue weighted by Crippen LogP contribution is -2.44. The quantitative estimate of drug-likeness (QED) is 0.458. The smallest absolute Gasteiger partial charge is 0.325 e. The van der Waals surface area contributed by atoms with Crippen LogP contribution in [0.2, 0.25) is 0 Å². The first-order valence-electron chi connectivity index (χ1n) is 7.87. The van der Waals surface area contributed by atoms with Crippen molar-refractivity contribution in [2.24, 2.45) is 5.41 Å². The van der Waals surface area contributed by atoms with Gasteiger partial charge in [0, 0.05) is 12.8 Å². The summed E-state index contributed by atoms with van der Waals surface area (Å²) in [6, 6.07) is 6.82. The van der Waals surface area contributed by atoms with E-state index in [4.69, 9.17) is 9.47 Å². The third kappa shape index (κ3) is 3.78. The summed E-state index contributed by atoms with van der Waals surface area (Å²) in [4.78, 5) is 36.6. The fourth-order valence-electron chi connectivity index (χ4n) is 2.96. The van der Waals surface area contributed by atoms with Crippen molar-refractivity contribution in [3.8, 4) is 11.5 Å². The number of esters is 1. The van der Waals surface area contributed by atoms with Crippen LogP contribution in [0.3, 0.4) is 0 Å². The third-order valence-corrected chi connectivity index (χ3v) is 4.36. The molecule has 0 aromatic heterocycles. The summed E-state index contributed by atoms with van der Waals surface area (Å²) in [5.41, 5.74) is -1.20. The molecule has 1 fully saturated rings. The first-order chi connectivity index (χ1) is 11.0. The molecule has 0 spiro atoms. The molecule has 5 nitrogen and oxygen atoms in total. The molecule has 1 aromatic rings. The Kier molecular flexibility index (Phi) is 5.53. The van der Waals surface area contributed by atoms with Crippen LogP contribution >= 0.6 is 0 Å². The molecule has 0 amide bonds. The van der Waals surface area contributed by atoms with Crippen LogP contribution in [0, 0.1) is 5.41 Å². The summed E-state index contributed by atoms with van der Waals surface area (Å²) < 4.78 is 10.7. The molecule has 0 bridgehead atoms. The van der Waals surface area contributed by atoms with Crippen LogP contribution in [0.25, 0.3) is 0 Å². The Labute approximate surface area is 136 Å². The molecule has 0 heterocycles. The van der Waals surface area contributed by atoms with Gasteiger partial charge in [-0.05, 0) is 38.3 Å². The summed E-state index contributed by atoms with van der Waals surface area (Å²) >= 11 is 0. The summed E-state index contributed by atoms with van der Waals surface area (Å²) in [5, 5.41) is 0. The van der Waals surface area contributed by atoms with Gasteiger partial charge in [-0.1, -0.05) is 18.6 Å². The van der Waals surface area contributed by atoms with Crippen molar-refractivity contribution in [1.29, 1.82) is 0 Å². The van der Waals surface area contributed by atoms with Gasteiger partial charge in [0.15, 0.2) is 11.5 Å². The minimum absolute atomic E-state index is 0.0344. The van der Waals surface area contributed by atoms with Gasteiger partial charge in [-0.3, -0.25) is 9.59 Å². The molecule has 23 heavy (non-hydrogen) atoms. The Balaban J connectivity index is 2.25. The molecular formula is C18H22O5. The second-order valence-corrected chi connectivity index (χ2v) is 5.95. The standard InChI is InChI=1S/C18H22O5/c1-13(19)10-12-18(11-6-5-9-16(18)20)17(21)23-15-8-4-3-7-14(15)22-2/h3-4,7-8H,5-6,9-12H2,1-2H3. The Morgan fingerprint density at radius 1 is 1.17 bits per heavy atom. The molecule has 124 valence electrons. The fraction of sp³-hybridized carbons (Fsp3) is 0.500. The van der Waals surface area contributed by atoms with Crippen LogP contribution < -0.4 is 9.47 Å². The lowest BCUT2D eigenvalue weighted by Gasteiger charge is -2.33. The van der Waals surface area contributed by atoms with E-state index in [1.165, 1.54) is 14.0 Å². The number of ketones is 2. The Bertz CT molecular complexity index is 607. The summed E-state index contributed by atoms with van der Waals surface area (Å²) in [5.74, 6) is -0.00270. The highest BCUT2D eigenvalue weighted by atomic mass is 16.6. The largest absolute Gasteiger partial charge is 0.493 e. The maximum atomic E-state index is 12.8. The Hall–Kier alpha value is -2.17. The first kappa shape index (κ1) is 17.2. The zero-order valence-electron chi connectivity index (χ0n) is 13.6. The third-order valence-electron chi connectivity index (χ3n) is 4.36. The molecule has 1 atom stereocenters. The van der Waals surface area contributed by atoms with Crippen molar-refractivity contribution in [1.82, 2.24) is 0 Å². The summed E-state index contributed by atoms with van der Waals surface area (Å²) in [6.07, 6.45) is 2.78. The lowest BCUT2D eigenvalue weighted by atomic mass is 9.70. The van der Waals surface area contributed by atoms with Gasteiger partial charge in [-0.15, -0.1) is 0 Å². The van der Waals surface area contributed by atoms with Gasteiger partial charge in [-0.2, -0.15) is 0 Å². The zero-order valence-corrected chi connectivity index (χ0v) is 13.6. The summed E-state index contributed by atoms with van der Waals surface area (Å²) in [7, 11) is 1.49. The van der Waals surface area contributed by atoms with Crippen molar-refractivity contribution < 1.29 is 23.9 Å². The van der Waals surface area contributed by atoms with Crippen LogP contribution in [0.15, 0.2) is 24.3 Å². The predicted octanol–water partition coefficient (Wildman–Crippen LogP) is 3.10. The Morgan fingerprint density at radius 2 is 1.87 bits per heavy atom. The number of carbonyl (C=O) groups is 3. The van der Waals surface area contributed by atoms with Crippen molar-refractivity contribution in [2.75, 3.05) is 7.11 Å². The van der Waals surface area contributed by atoms with Crippen LogP contribution in [-0.2, 0) is 14.4 Å². The van der Waals surface area contributed by atoms with Gasteiger partial charge >= 0.3 is 5.97 Å². The highest BCUT2D eigenvalue weighted by molar-refractivity contribution is 6.05. The predicted molar refractivity (Wildman–Crippen MR) is 84.5 cm³/mol. The van der Waals surface area contributed by atoms with Gasteiger partial charge in [0.2, 0.25) is 0 Å². The van der Waals surface area contributed by atoms with Crippen molar-refractivity contribution in [2.45, 2.75) is 45.4 Å². The SMILES string of the molecule is COc1ccccc1OC(=O)C1(CCC(C)=O)CCCCC1=O.